The van der Waals surface area contributed by atoms with Gasteiger partial charge >= 0.3 is 0 Å². The first kappa shape index (κ1) is 12.5. The second-order valence-corrected chi connectivity index (χ2v) is 4.90. The number of fused-ring (bicyclic) bond motifs is 1. The molecule has 94 valence electrons. The molecule has 1 aromatic heterocycles. The molecular formula is C14H21NO2. The van der Waals surface area contributed by atoms with Crippen LogP contribution in [0.1, 0.15) is 43.4 Å². The summed E-state index contributed by atoms with van der Waals surface area (Å²) in [6.45, 7) is 1.99. The molecule has 0 bridgehead atoms. The Morgan fingerprint density at radius 1 is 1.59 bits per heavy atom. The monoisotopic (exact) mass is 235 g/mol. The van der Waals surface area contributed by atoms with Crippen molar-refractivity contribution in [3.05, 3.63) is 29.6 Å². The van der Waals surface area contributed by atoms with E-state index in [0.29, 0.717) is 6.42 Å². The van der Waals surface area contributed by atoms with Gasteiger partial charge in [-0.05, 0) is 44.2 Å². The topological polar surface area (TPSA) is 42.4 Å². The molecule has 0 radical (unpaired) electrons. The van der Waals surface area contributed by atoms with E-state index in [0.717, 1.165) is 25.0 Å². The summed E-state index contributed by atoms with van der Waals surface area (Å²) < 4.78 is 5.22. The summed E-state index contributed by atoms with van der Waals surface area (Å²) in [5.74, 6) is 0.178. The number of hydrogen-bond donors (Lipinski definition) is 1. The average Bonchev–Trinajstić information content (AvgIpc) is 2.37. The standard InChI is InChI=1S/C14H21NO2/c1-10(17-2)9-13(16)12-7-3-5-11-6-4-8-15-14(11)12/h4,6,8,10,12-13,16H,3,5,7,9H2,1-2H3. The molecule has 3 heteroatoms. The number of aliphatic hydroxyl groups is 1. The van der Waals surface area contributed by atoms with Gasteiger partial charge in [0.1, 0.15) is 0 Å². The van der Waals surface area contributed by atoms with Crippen LogP contribution in [-0.2, 0) is 11.2 Å². The first-order chi connectivity index (χ1) is 8.22. The SMILES string of the molecule is COC(C)CC(O)C1CCCc2cccnc21. The van der Waals surface area contributed by atoms with Gasteiger partial charge in [0.2, 0.25) is 0 Å². The first-order valence-electron chi connectivity index (χ1n) is 6.37. The minimum absolute atomic E-state index is 0.0964. The molecule has 3 nitrogen and oxygen atoms in total. The normalized spacial score (nSPS) is 22.9. The molecule has 0 aliphatic heterocycles. The molecule has 3 unspecified atom stereocenters. The molecule has 3 atom stereocenters. The highest BCUT2D eigenvalue weighted by molar-refractivity contribution is 5.26. The third-order valence-corrected chi connectivity index (χ3v) is 3.68. The van der Waals surface area contributed by atoms with Crippen molar-refractivity contribution in [2.75, 3.05) is 7.11 Å². The number of hydrogen-bond acceptors (Lipinski definition) is 3. The van der Waals surface area contributed by atoms with Crippen molar-refractivity contribution in [3.8, 4) is 0 Å². The number of methoxy groups -OCH3 is 1. The molecule has 17 heavy (non-hydrogen) atoms. The Kier molecular flexibility index (Phi) is 4.13. The third-order valence-electron chi connectivity index (χ3n) is 3.68. The van der Waals surface area contributed by atoms with E-state index in [1.165, 1.54) is 5.56 Å². The van der Waals surface area contributed by atoms with Crippen molar-refractivity contribution >= 4 is 0 Å². The zero-order valence-electron chi connectivity index (χ0n) is 10.6. The highest BCUT2D eigenvalue weighted by Crippen LogP contribution is 2.33. The Balaban J connectivity index is 2.12. The minimum atomic E-state index is -0.348. The van der Waals surface area contributed by atoms with Gasteiger partial charge in [0.05, 0.1) is 12.2 Å². The molecule has 0 amide bonds. The van der Waals surface area contributed by atoms with Crippen LogP contribution >= 0.6 is 0 Å². The second-order valence-electron chi connectivity index (χ2n) is 4.90. The molecule has 0 spiro atoms. The zero-order valence-corrected chi connectivity index (χ0v) is 10.6. The van der Waals surface area contributed by atoms with E-state index in [1.54, 1.807) is 7.11 Å². The van der Waals surface area contributed by atoms with Gasteiger partial charge in [0.15, 0.2) is 0 Å². The molecule has 1 N–H and O–H groups in total. The number of nitrogens with zero attached hydrogens (tertiary/aromatic N) is 1. The van der Waals surface area contributed by atoms with Crippen LogP contribution in [0.15, 0.2) is 18.3 Å². The lowest BCUT2D eigenvalue weighted by Gasteiger charge is -2.29. The van der Waals surface area contributed by atoms with Crippen LogP contribution in [-0.4, -0.2) is 29.4 Å². The summed E-state index contributed by atoms with van der Waals surface area (Å²) in [6, 6.07) is 4.10. The Bertz CT molecular complexity index is 367. The van der Waals surface area contributed by atoms with Gasteiger partial charge in [-0.1, -0.05) is 6.07 Å². The molecule has 1 aliphatic rings. The van der Waals surface area contributed by atoms with Crippen LogP contribution < -0.4 is 0 Å². The van der Waals surface area contributed by atoms with E-state index in [9.17, 15) is 5.11 Å². The second kappa shape index (κ2) is 5.61. The average molecular weight is 235 g/mol. The van der Waals surface area contributed by atoms with Crippen molar-refractivity contribution < 1.29 is 9.84 Å². The van der Waals surface area contributed by atoms with Crippen LogP contribution in [0.3, 0.4) is 0 Å². The molecule has 0 aromatic carbocycles. The van der Waals surface area contributed by atoms with Gasteiger partial charge in [-0.2, -0.15) is 0 Å². The fourth-order valence-corrected chi connectivity index (χ4v) is 2.62. The fourth-order valence-electron chi connectivity index (χ4n) is 2.62. The van der Waals surface area contributed by atoms with Gasteiger partial charge in [0, 0.05) is 24.9 Å². The lowest BCUT2D eigenvalue weighted by molar-refractivity contribution is 0.0407. The summed E-state index contributed by atoms with van der Waals surface area (Å²) in [6.07, 6.45) is 5.51. The maximum absolute atomic E-state index is 10.3. The number of aromatic nitrogens is 1. The summed E-state index contributed by atoms with van der Waals surface area (Å²) in [7, 11) is 1.68. The van der Waals surface area contributed by atoms with E-state index in [-0.39, 0.29) is 18.1 Å². The van der Waals surface area contributed by atoms with E-state index >= 15 is 0 Å². The van der Waals surface area contributed by atoms with E-state index in [2.05, 4.69) is 11.1 Å². The van der Waals surface area contributed by atoms with Crippen LogP contribution in [0.5, 0.6) is 0 Å². The number of aryl methyl sites for hydroxylation is 1. The third kappa shape index (κ3) is 2.85. The molecular weight excluding hydrogens is 214 g/mol. The lowest BCUT2D eigenvalue weighted by atomic mass is 9.81. The minimum Gasteiger partial charge on any atom is -0.392 e. The maximum Gasteiger partial charge on any atom is 0.0648 e. The Hall–Kier alpha value is -0.930. The molecule has 0 saturated carbocycles. The van der Waals surface area contributed by atoms with E-state index in [4.69, 9.17) is 4.74 Å². The van der Waals surface area contributed by atoms with Crippen molar-refractivity contribution in [1.82, 2.24) is 4.98 Å². The quantitative estimate of drug-likeness (QED) is 0.870. The van der Waals surface area contributed by atoms with Crippen molar-refractivity contribution in [2.24, 2.45) is 0 Å². The van der Waals surface area contributed by atoms with Gasteiger partial charge in [0.25, 0.3) is 0 Å². The highest BCUT2D eigenvalue weighted by atomic mass is 16.5. The molecule has 2 rings (SSSR count). The van der Waals surface area contributed by atoms with E-state index < -0.39 is 0 Å². The van der Waals surface area contributed by atoms with E-state index in [1.807, 2.05) is 19.2 Å². The largest absolute Gasteiger partial charge is 0.392 e. The predicted molar refractivity (Wildman–Crippen MR) is 67.0 cm³/mol. The predicted octanol–water partition coefficient (Wildman–Crippen LogP) is 2.29. The zero-order chi connectivity index (χ0) is 12.3. The van der Waals surface area contributed by atoms with Gasteiger partial charge in [-0.15, -0.1) is 0 Å². The summed E-state index contributed by atoms with van der Waals surface area (Å²) in [5, 5.41) is 10.3. The van der Waals surface area contributed by atoms with Crippen LogP contribution in [0, 0.1) is 0 Å². The van der Waals surface area contributed by atoms with Gasteiger partial charge in [-0.25, -0.2) is 0 Å². The van der Waals surface area contributed by atoms with Crippen LogP contribution in [0.4, 0.5) is 0 Å². The number of aliphatic hydroxyl groups excluding tert-OH is 1. The Labute approximate surface area is 103 Å². The Morgan fingerprint density at radius 2 is 2.41 bits per heavy atom. The number of pyridine rings is 1. The number of rotatable bonds is 4. The van der Waals surface area contributed by atoms with Crippen molar-refractivity contribution in [1.29, 1.82) is 0 Å². The fraction of sp³-hybridized carbons (Fsp3) is 0.643. The lowest BCUT2D eigenvalue weighted by Crippen LogP contribution is -2.27. The molecule has 0 fully saturated rings. The van der Waals surface area contributed by atoms with Crippen LogP contribution in [0.25, 0.3) is 0 Å². The molecule has 1 aromatic rings. The summed E-state index contributed by atoms with van der Waals surface area (Å²) in [4.78, 5) is 4.45. The van der Waals surface area contributed by atoms with Gasteiger partial charge < -0.3 is 9.84 Å². The maximum atomic E-state index is 10.3. The Morgan fingerprint density at radius 3 is 3.18 bits per heavy atom. The number of ether oxygens (including phenoxy) is 1. The molecule has 1 aliphatic carbocycles. The van der Waals surface area contributed by atoms with Crippen molar-refractivity contribution in [3.63, 3.8) is 0 Å². The van der Waals surface area contributed by atoms with Crippen molar-refractivity contribution in [2.45, 2.75) is 50.7 Å². The molecule has 0 saturated heterocycles. The first-order valence-corrected chi connectivity index (χ1v) is 6.37. The smallest absolute Gasteiger partial charge is 0.0648 e. The van der Waals surface area contributed by atoms with Crippen LogP contribution in [0.2, 0.25) is 0 Å². The summed E-state index contributed by atoms with van der Waals surface area (Å²) >= 11 is 0. The molecule has 1 heterocycles. The highest BCUT2D eigenvalue weighted by Gasteiger charge is 2.28. The summed E-state index contributed by atoms with van der Waals surface area (Å²) in [5.41, 5.74) is 2.39. The van der Waals surface area contributed by atoms with Gasteiger partial charge in [-0.3, -0.25) is 4.98 Å².